The summed E-state index contributed by atoms with van der Waals surface area (Å²) in [4.78, 5) is 11.7. The molecular formula is C23H22N4O3. The molecule has 0 saturated carbocycles. The van der Waals surface area contributed by atoms with Gasteiger partial charge in [0.2, 0.25) is 0 Å². The Labute approximate surface area is 174 Å². The standard InChI is InChI=1S/C23H22N4O3/c1-29-21-10-6-3-7-18(21)15-27-22(24-25-26-27)20-9-5-4-8-19(20)16-11-13-17(14-12-16)23(28)30-2/h3-5,7-9,11-14H,6,10,15H2,1-2H3. The third-order valence-corrected chi connectivity index (χ3v) is 5.10. The summed E-state index contributed by atoms with van der Waals surface area (Å²) in [6.45, 7) is 0.525. The Kier molecular flexibility index (Phi) is 5.70. The molecule has 1 aliphatic rings. The van der Waals surface area contributed by atoms with Crippen LogP contribution >= 0.6 is 0 Å². The van der Waals surface area contributed by atoms with Crippen LogP contribution in [0.2, 0.25) is 0 Å². The monoisotopic (exact) mass is 402 g/mol. The van der Waals surface area contributed by atoms with Crippen LogP contribution < -0.4 is 0 Å². The molecule has 3 aromatic rings. The molecule has 0 fully saturated rings. The van der Waals surface area contributed by atoms with Gasteiger partial charge in [0, 0.05) is 17.6 Å². The topological polar surface area (TPSA) is 79.1 Å². The van der Waals surface area contributed by atoms with Gasteiger partial charge in [-0.05, 0) is 40.1 Å². The summed E-state index contributed by atoms with van der Waals surface area (Å²) >= 11 is 0. The summed E-state index contributed by atoms with van der Waals surface area (Å²) in [7, 11) is 3.07. The number of ether oxygens (including phenoxy) is 2. The van der Waals surface area contributed by atoms with Gasteiger partial charge in [0.1, 0.15) is 5.76 Å². The summed E-state index contributed by atoms with van der Waals surface area (Å²) in [5.74, 6) is 1.27. The number of benzene rings is 2. The number of hydrogen-bond donors (Lipinski definition) is 0. The third kappa shape index (κ3) is 3.87. The predicted octanol–water partition coefficient (Wildman–Crippen LogP) is 4.04. The van der Waals surface area contributed by atoms with E-state index in [0.29, 0.717) is 17.9 Å². The zero-order chi connectivity index (χ0) is 20.9. The molecule has 0 amide bonds. The fraction of sp³-hybridized carbons (Fsp3) is 0.217. The number of allylic oxidation sites excluding steroid dienone is 4. The lowest BCUT2D eigenvalue weighted by atomic mass is 9.98. The number of esters is 1. The zero-order valence-electron chi connectivity index (χ0n) is 16.9. The molecule has 4 rings (SSSR count). The fourth-order valence-electron chi connectivity index (χ4n) is 3.57. The molecule has 0 atom stereocenters. The molecule has 0 radical (unpaired) electrons. The second-order valence-electron chi connectivity index (χ2n) is 6.87. The van der Waals surface area contributed by atoms with Crippen LogP contribution in [0.15, 0.2) is 72.0 Å². The number of hydrogen-bond acceptors (Lipinski definition) is 6. The Morgan fingerprint density at radius 2 is 1.83 bits per heavy atom. The second-order valence-corrected chi connectivity index (χ2v) is 6.87. The number of aromatic nitrogens is 4. The van der Waals surface area contributed by atoms with Gasteiger partial charge in [-0.1, -0.05) is 48.6 Å². The maximum atomic E-state index is 11.7. The first-order valence-corrected chi connectivity index (χ1v) is 9.68. The van der Waals surface area contributed by atoms with Gasteiger partial charge in [0.15, 0.2) is 5.82 Å². The van der Waals surface area contributed by atoms with E-state index < -0.39 is 0 Å². The van der Waals surface area contributed by atoms with Crippen molar-refractivity contribution >= 4 is 5.97 Å². The van der Waals surface area contributed by atoms with E-state index >= 15 is 0 Å². The molecule has 1 aromatic heterocycles. The van der Waals surface area contributed by atoms with E-state index in [9.17, 15) is 4.79 Å². The van der Waals surface area contributed by atoms with Gasteiger partial charge in [-0.2, -0.15) is 0 Å². The Hall–Kier alpha value is -3.74. The van der Waals surface area contributed by atoms with Crippen molar-refractivity contribution in [1.82, 2.24) is 20.2 Å². The number of tetrazole rings is 1. The molecule has 0 bridgehead atoms. The third-order valence-electron chi connectivity index (χ3n) is 5.10. The van der Waals surface area contributed by atoms with Crippen molar-refractivity contribution in [2.75, 3.05) is 14.2 Å². The van der Waals surface area contributed by atoms with Crippen LogP contribution in [0.5, 0.6) is 0 Å². The van der Waals surface area contributed by atoms with E-state index in [0.717, 1.165) is 40.9 Å². The molecular weight excluding hydrogens is 380 g/mol. The van der Waals surface area contributed by atoms with Crippen LogP contribution in [0.3, 0.4) is 0 Å². The van der Waals surface area contributed by atoms with E-state index in [1.807, 2.05) is 36.4 Å². The minimum Gasteiger partial charge on any atom is -0.501 e. The molecule has 1 aliphatic carbocycles. The van der Waals surface area contributed by atoms with Gasteiger partial charge in [-0.25, -0.2) is 9.48 Å². The lowest BCUT2D eigenvalue weighted by Gasteiger charge is -2.16. The second kappa shape index (κ2) is 8.73. The number of methoxy groups -OCH3 is 2. The zero-order valence-corrected chi connectivity index (χ0v) is 16.9. The molecule has 152 valence electrons. The highest BCUT2D eigenvalue weighted by Gasteiger charge is 2.17. The highest BCUT2D eigenvalue weighted by Crippen LogP contribution is 2.31. The average molecular weight is 402 g/mol. The highest BCUT2D eigenvalue weighted by molar-refractivity contribution is 5.90. The van der Waals surface area contributed by atoms with Crippen molar-refractivity contribution < 1.29 is 14.3 Å². The summed E-state index contributed by atoms with van der Waals surface area (Å²) in [5.41, 5.74) is 4.42. The first-order valence-electron chi connectivity index (χ1n) is 9.68. The number of carbonyl (C=O) groups excluding carboxylic acids is 1. The van der Waals surface area contributed by atoms with E-state index in [1.54, 1.807) is 23.9 Å². The number of carbonyl (C=O) groups is 1. The van der Waals surface area contributed by atoms with Crippen LogP contribution in [-0.4, -0.2) is 40.4 Å². The minimum atomic E-state index is -0.360. The minimum absolute atomic E-state index is 0.360. The largest absolute Gasteiger partial charge is 0.501 e. The number of nitrogens with zero attached hydrogens (tertiary/aromatic N) is 4. The maximum Gasteiger partial charge on any atom is 0.337 e. The normalized spacial score (nSPS) is 13.4. The van der Waals surface area contributed by atoms with E-state index in [4.69, 9.17) is 9.47 Å². The SMILES string of the molecule is COC(=O)c1ccc(-c2ccccc2-c2nnnn2CC2=C(OC)CCC=C2)cc1. The maximum absolute atomic E-state index is 11.7. The molecule has 1 heterocycles. The van der Waals surface area contributed by atoms with Gasteiger partial charge >= 0.3 is 5.97 Å². The Morgan fingerprint density at radius 3 is 2.57 bits per heavy atom. The summed E-state index contributed by atoms with van der Waals surface area (Å²) in [6.07, 6.45) is 6.06. The molecule has 7 heteroatoms. The molecule has 2 aromatic carbocycles. The van der Waals surface area contributed by atoms with Gasteiger partial charge in [-0.15, -0.1) is 5.10 Å². The fourth-order valence-corrected chi connectivity index (χ4v) is 3.57. The molecule has 7 nitrogen and oxygen atoms in total. The Bertz CT molecular complexity index is 1110. The van der Waals surface area contributed by atoms with Crippen LogP contribution in [0, 0.1) is 0 Å². The van der Waals surface area contributed by atoms with Crippen LogP contribution in [-0.2, 0) is 16.0 Å². The molecule has 0 N–H and O–H groups in total. The first kappa shape index (κ1) is 19.6. The van der Waals surface area contributed by atoms with Crippen molar-refractivity contribution in [3.8, 4) is 22.5 Å². The average Bonchev–Trinajstić information content (AvgIpc) is 3.27. The van der Waals surface area contributed by atoms with Gasteiger partial charge in [0.05, 0.1) is 26.3 Å². The molecule has 0 spiro atoms. The van der Waals surface area contributed by atoms with E-state index in [-0.39, 0.29) is 5.97 Å². The van der Waals surface area contributed by atoms with E-state index in [2.05, 4.69) is 27.7 Å². The Balaban J connectivity index is 1.71. The van der Waals surface area contributed by atoms with Crippen molar-refractivity contribution in [3.05, 3.63) is 77.6 Å². The van der Waals surface area contributed by atoms with Crippen LogP contribution in [0.25, 0.3) is 22.5 Å². The van der Waals surface area contributed by atoms with Gasteiger partial charge in [-0.3, -0.25) is 0 Å². The predicted molar refractivity (Wildman–Crippen MR) is 112 cm³/mol. The summed E-state index contributed by atoms with van der Waals surface area (Å²) in [5, 5.41) is 12.4. The number of rotatable bonds is 6. The quantitative estimate of drug-likeness (QED) is 0.579. The Morgan fingerprint density at radius 1 is 1.07 bits per heavy atom. The summed E-state index contributed by atoms with van der Waals surface area (Å²) in [6, 6.07) is 15.2. The lowest BCUT2D eigenvalue weighted by molar-refractivity contribution is 0.0601. The first-order chi connectivity index (χ1) is 14.7. The van der Waals surface area contributed by atoms with Crippen LogP contribution in [0.4, 0.5) is 0 Å². The van der Waals surface area contributed by atoms with Crippen LogP contribution in [0.1, 0.15) is 23.2 Å². The lowest BCUT2D eigenvalue weighted by Crippen LogP contribution is -2.09. The van der Waals surface area contributed by atoms with Crippen molar-refractivity contribution in [1.29, 1.82) is 0 Å². The smallest absolute Gasteiger partial charge is 0.337 e. The van der Waals surface area contributed by atoms with Crippen molar-refractivity contribution in [3.63, 3.8) is 0 Å². The highest BCUT2D eigenvalue weighted by atomic mass is 16.5. The molecule has 30 heavy (non-hydrogen) atoms. The van der Waals surface area contributed by atoms with Gasteiger partial charge < -0.3 is 9.47 Å². The van der Waals surface area contributed by atoms with Gasteiger partial charge in [0.25, 0.3) is 0 Å². The van der Waals surface area contributed by atoms with E-state index in [1.165, 1.54) is 7.11 Å². The van der Waals surface area contributed by atoms with Crippen molar-refractivity contribution in [2.45, 2.75) is 19.4 Å². The molecule has 0 aliphatic heterocycles. The molecule has 0 saturated heterocycles. The molecule has 0 unspecified atom stereocenters. The van der Waals surface area contributed by atoms with Crippen molar-refractivity contribution in [2.24, 2.45) is 0 Å². The summed E-state index contributed by atoms with van der Waals surface area (Å²) < 4.78 is 12.1.